The summed E-state index contributed by atoms with van der Waals surface area (Å²) in [6, 6.07) is 0. The topological polar surface area (TPSA) is 0 Å². The molecule has 9 heavy (non-hydrogen) atoms. The van der Waals surface area contributed by atoms with Crippen LogP contribution in [0.5, 0.6) is 0 Å². The van der Waals surface area contributed by atoms with Crippen LogP contribution >= 0.6 is 31.2 Å². The Bertz CT molecular complexity index is 83.1. The zero-order chi connectivity index (χ0) is 6.74. The van der Waals surface area contributed by atoms with Gasteiger partial charge in [0.15, 0.2) is 0 Å². The minimum atomic E-state index is 0.411. The Hall–Kier alpha value is 1.81. The molecule has 0 aromatic rings. The predicted octanol–water partition coefficient (Wildman–Crippen LogP) is -0.332. The molecule has 0 nitrogen and oxygen atoms in total. The molecular weight excluding hydrogens is 358 g/mol. The van der Waals surface area contributed by atoms with E-state index in [-0.39, 0.29) is 0 Å². The zero-order valence-corrected chi connectivity index (χ0v) is 10.4. The summed E-state index contributed by atoms with van der Waals surface area (Å²) in [6.07, 6.45) is 5.85. The van der Waals surface area contributed by atoms with Crippen molar-refractivity contribution in [1.29, 1.82) is 0 Å². The Kier molecular flexibility index (Phi) is 3.95. The van der Waals surface area contributed by atoms with E-state index in [1.807, 2.05) is 0 Å². The van der Waals surface area contributed by atoms with Gasteiger partial charge in [-0.3, -0.25) is 0 Å². The van der Waals surface area contributed by atoms with Gasteiger partial charge in [-0.1, -0.05) is 0 Å². The third kappa shape index (κ3) is 2.12. The van der Waals surface area contributed by atoms with Crippen LogP contribution in [-0.2, 0) is 0 Å². The van der Waals surface area contributed by atoms with Gasteiger partial charge < -0.3 is 0 Å². The number of hydrogen-bond donors (Lipinski definition) is 1. The van der Waals surface area contributed by atoms with E-state index in [1.54, 1.807) is 0 Å². The summed E-state index contributed by atoms with van der Waals surface area (Å²) in [5.74, 6) is 1.14. The monoisotopic (exact) mass is 369 g/mol. The molecule has 1 aliphatic carbocycles. The SMILES string of the molecule is SCC1([I-]I)CCCC1. The molecule has 0 atom stereocenters. The van der Waals surface area contributed by atoms with Crippen LogP contribution in [0.25, 0.3) is 0 Å². The van der Waals surface area contributed by atoms with Crippen molar-refractivity contribution in [3.63, 3.8) is 0 Å². The molecule has 0 aromatic carbocycles. The summed E-state index contributed by atoms with van der Waals surface area (Å²) in [5.41, 5.74) is 0. The summed E-state index contributed by atoms with van der Waals surface area (Å²) in [6.45, 7) is 0. The van der Waals surface area contributed by atoms with Crippen LogP contribution in [0, 0.1) is 0 Å². The fourth-order valence-electron chi connectivity index (χ4n) is 1.26. The Morgan fingerprint density at radius 3 is 2.22 bits per heavy atom. The second-order valence-electron chi connectivity index (χ2n) is 2.59. The van der Waals surface area contributed by atoms with E-state index in [1.165, 1.54) is 25.7 Å². The third-order valence-corrected chi connectivity index (χ3v) is 11.3. The van der Waals surface area contributed by atoms with E-state index < -0.39 is 0 Å². The molecule has 0 spiro atoms. The van der Waals surface area contributed by atoms with Gasteiger partial charge in [0, 0.05) is 0 Å². The van der Waals surface area contributed by atoms with Crippen molar-refractivity contribution in [1.82, 2.24) is 0 Å². The minimum absolute atomic E-state index is 0.411. The standard InChI is InChI=1S/C6H11I2S/c7-8-6(5-9)3-1-2-4-6/h9H,1-5H2/q-1. The first-order valence-corrected chi connectivity index (χ1v) is 11.2. The Morgan fingerprint density at radius 1 is 1.44 bits per heavy atom. The van der Waals surface area contributed by atoms with Crippen molar-refractivity contribution in [2.75, 3.05) is 5.75 Å². The summed E-state index contributed by atoms with van der Waals surface area (Å²) in [4.78, 5) is 0. The van der Waals surface area contributed by atoms with Gasteiger partial charge in [0.05, 0.1) is 0 Å². The van der Waals surface area contributed by atoms with Crippen LogP contribution in [0.1, 0.15) is 25.7 Å². The molecule has 1 rings (SSSR count). The molecule has 0 unspecified atom stereocenters. The maximum atomic E-state index is 4.40. The van der Waals surface area contributed by atoms with Crippen LogP contribution in [0.4, 0.5) is 0 Å². The van der Waals surface area contributed by atoms with Gasteiger partial charge in [0.25, 0.3) is 0 Å². The van der Waals surface area contributed by atoms with Crippen LogP contribution in [-0.4, -0.2) is 9.17 Å². The van der Waals surface area contributed by atoms with Crippen LogP contribution < -0.4 is 17.2 Å². The van der Waals surface area contributed by atoms with Gasteiger partial charge >= 0.3 is 83.3 Å². The Balaban J connectivity index is 2.45. The number of alkyl halides is 1. The molecule has 0 N–H and O–H groups in total. The van der Waals surface area contributed by atoms with Gasteiger partial charge in [0.1, 0.15) is 0 Å². The van der Waals surface area contributed by atoms with E-state index in [2.05, 4.69) is 31.2 Å². The van der Waals surface area contributed by atoms with Gasteiger partial charge in [-0.05, 0) is 0 Å². The number of hydrogen-bond acceptors (Lipinski definition) is 1. The number of rotatable bonds is 2. The van der Waals surface area contributed by atoms with Crippen LogP contribution in [0.15, 0.2) is 0 Å². The molecule has 3 heteroatoms. The molecule has 0 amide bonds. The van der Waals surface area contributed by atoms with Crippen molar-refractivity contribution >= 4 is 31.2 Å². The van der Waals surface area contributed by atoms with Crippen molar-refractivity contribution in [2.45, 2.75) is 29.1 Å². The fraction of sp³-hybridized carbons (Fsp3) is 1.00. The van der Waals surface area contributed by atoms with Gasteiger partial charge in [0.2, 0.25) is 0 Å². The first-order valence-electron chi connectivity index (χ1n) is 3.21. The average Bonchev–Trinajstić information content (AvgIpc) is 2.36. The second-order valence-corrected chi connectivity index (χ2v) is 8.33. The Morgan fingerprint density at radius 2 is 2.00 bits per heavy atom. The third-order valence-electron chi connectivity index (χ3n) is 1.93. The quantitative estimate of drug-likeness (QED) is 0.385. The summed E-state index contributed by atoms with van der Waals surface area (Å²) in [7, 11) is 0. The maximum absolute atomic E-state index is 4.40. The fourth-order valence-corrected chi connectivity index (χ4v) is 8.51. The molecule has 56 valence electrons. The summed E-state index contributed by atoms with van der Waals surface area (Å²) in [5, 5.41) is 0. The second kappa shape index (κ2) is 3.99. The zero-order valence-electron chi connectivity index (χ0n) is 5.24. The summed E-state index contributed by atoms with van der Waals surface area (Å²) < 4.78 is 0.739. The van der Waals surface area contributed by atoms with Crippen molar-refractivity contribution in [3.05, 3.63) is 0 Å². The van der Waals surface area contributed by atoms with E-state index in [0.717, 1.165) is 9.17 Å². The van der Waals surface area contributed by atoms with Gasteiger partial charge in [-0.25, -0.2) is 0 Å². The van der Waals surface area contributed by atoms with E-state index in [9.17, 15) is 0 Å². The molecule has 0 radical (unpaired) electrons. The van der Waals surface area contributed by atoms with Crippen molar-refractivity contribution < 1.29 is 17.2 Å². The number of thiol groups is 1. The van der Waals surface area contributed by atoms with Gasteiger partial charge in [-0.15, -0.1) is 0 Å². The van der Waals surface area contributed by atoms with Gasteiger partial charge in [-0.2, -0.15) is 0 Å². The predicted molar refractivity (Wildman–Crippen MR) is 49.1 cm³/mol. The molecular formula is C6H11I2S-. The molecule has 0 aromatic heterocycles. The summed E-state index contributed by atoms with van der Waals surface area (Å²) >= 11 is 7.42. The average molecular weight is 369 g/mol. The van der Waals surface area contributed by atoms with Crippen LogP contribution in [0.3, 0.4) is 0 Å². The number of halogens is 2. The van der Waals surface area contributed by atoms with E-state index >= 15 is 0 Å². The molecule has 0 heterocycles. The molecule has 0 saturated heterocycles. The molecule has 1 fully saturated rings. The van der Waals surface area contributed by atoms with Crippen LogP contribution in [0.2, 0.25) is 0 Å². The molecule has 0 aliphatic heterocycles. The molecule has 1 saturated carbocycles. The normalized spacial score (nSPS) is 25.1. The van der Waals surface area contributed by atoms with E-state index in [0.29, 0.717) is 17.2 Å². The van der Waals surface area contributed by atoms with E-state index in [4.69, 9.17) is 0 Å². The van der Waals surface area contributed by atoms with Crippen molar-refractivity contribution in [2.24, 2.45) is 0 Å². The Labute approximate surface area is 82.4 Å². The first-order chi connectivity index (χ1) is 4.33. The molecule has 0 bridgehead atoms. The molecule has 1 aliphatic rings. The first kappa shape index (κ1) is 8.90. The van der Waals surface area contributed by atoms with Crippen molar-refractivity contribution in [3.8, 4) is 0 Å².